The maximum absolute atomic E-state index is 6.58. The second-order valence-corrected chi connectivity index (χ2v) is 6.43. The Labute approximate surface area is 149 Å². The van der Waals surface area contributed by atoms with Crippen LogP contribution in [0.15, 0.2) is 48.5 Å². The molecular weight excluding hydrogens is 327 g/mol. The Hall–Kier alpha value is -1.51. The highest BCUT2D eigenvalue weighted by Crippen LogP contribution is 2.42. The van der Waals surface area contributed by atoms with E-state index >= 15 is 0 Å². The van der Waals surface area contributed by atoms with Gasteiger partial charge < -0.3 is 12.4 Å². The maximum Gasteiger partial charge on any atom is 0.345 e. The summed E-state index contributed by atoms with van der Waals surface area (Å²) in [5.41, 5.74) is 5.27. The van der Waals surface area contributed by atoms with Crippen LogP contribution in [0.3, 0.4) is 0 Å². The molecule has 0 unspecified atom stereocenters. The van der Waals surface area contributed by atoms with Gasteiger partial charge in [0.15, 0.2) is 12.1 Å². The molecule has 4 heteroatoms. The van der Waals surface area contributed by atoms with Gasteiger partial charge in [0.05, 0.1) is 14.1 Å². The summed E-state index contributed by atoms with van der Waals surface area (Å²) in [5, 5.41) is 0.793. The van der Waals surface area contributed by atoms with Gasteiger partial charge in [-0.15, -0.1) is 0 Å². The predicted molar refractivity (Wildman–Crippen MR) is 92.6 cm³/mol. The first kappa shape index (κ1) is 17.8. The van der Waals surface area contributed by atoms with Gasteiger partial charge in [-0.1, -0.05) is 48.5 Å². The van der Waals surface area contributed by atoms with Crippen LogP contribution in [0.4, 0.5) is 0 Å². The molecule has 122 valence electrons. The lowest BCUT2D eigenvalue weighted by molar-refractivity contribution is -0.537. The molecule has 0 fully saturated rings. The quantitative estimate of drug-likeness (QED) is 0.585. The molecule has 2 atom stereocenters. The van der Waals surface area contributed by atoms with Crippen LogP contribution in [0.2, 0.25) is 0 Å². The van der Waals surface area contributed by atoms with Crippen molar-refractivity contribution in [1.29, 1.82) is 0 Å². The molecule has 0 saturated carbocycles. The minimum absolute atomic E-state index is 0. The third-order valence-electron chi connectivity index (χ3n) is 4.73. The topological polar surface area (TPSA) is 6.25 Å². The van der Waals surface area contributed by atoms with Crippen molar-refractivity contribution in [2.75, 3.05) is 14.1 Å². The van der Waals surface area contributed by atoms with E-state index in [0.717, 1.165) is 5.29 Å². The molecule has 0 N–H and O–H groups in total. The van der Waals surface area contributed by atoms with Crippen molar-refractivity contribution in [2.45, 2.75) is 25.9 Å². The monoisotopic (exact) mass is 348 g/mol. The second-order valence-electron chi connectivity index (χ2n) is 6.09. The number of amidine groups is 1. The zero-order chi connectivity index (χ0) is 15.9. The molecular formula is C19H22Cl2N2. The molecule has 0 radical (unpaired) electrons. The molecule has 2 aromatic carbocycles. The van der Waals surface area contributed by atoms with Crippen LogP contribution in [0, 0.1) is 13.8 Å². The van der Waals surface area contributed by atoms with Crippen molar-refractivity contribution in [3.63, 3.8) is 0 Å². The minimum atomic E-state index is 0. The number of aryl methyl sites for hydroxylation is 2. The number of hydrogen-bond acceptors (Lipinski definition) is 1. The van der Waals surface area contributed by atoms with E-state index in [-0.39, 0.29) is 24.5 Å². The highest BCUT2D eigenvalue weighted by Gasteiger charge is 2.46. The fourth-order valence-corrected chi connectivity index (χ4v) is 3.71. The van der Waals surface area contributed by atoms with E-state index in [4.69, 9.17) is 11.6 Å². The van der Waals surface area contributed by atoms with E-state index < -0.39 is 0 Å². The summed E-state index contributed by atoms with van der Waals surface area (Å²) in [6.45, 7) is 4.34. The molecule has 1 aliphatic rings. The lowest BCUT2D eigenvalue weighted by Gasteiger charge is -2.23. The van der Waals surface area contributed by atoms with Gasteiger partial charge in [0.2, 0.25) is 0 Å². The molecule has 23 heavy (non-hydrogen) atoms. The summed E-state index contributed by atoms with van der Waals surface area (Å²) in [6.07, 6.45) is 0. The summed E-state index contributed by atoms with van der Waals surface area (Å²) in [6, 6.07) is 17.6. The van der Waals surface area contributed by atoms with Gasteiger partial charge in [-0.05, 0) is 25.0 Å². The first-order valence-electron chi connectivity index (χ1n) is 7.61. The Morgan fingerprint density at radius 1 is 0.913 bits per heavy atom. The van der Waals surface area contributed by atoms with Gasteiger partial charge >= 0.3 is 5.29 Å². The third-order valence-corrected chi connectivity index (χ3v) is 5.26. The van der Waals surface area contributed by atoms with Crippen LogP contribution in [-0.4, -0.2) is 28.9 Å². The van der Waals surface area contributed by atoms with Crippen molar-refractivity contribution < 1.29 is 17.0 Å². The van der Waals surface area contributed by atoms with Crippen LogP contribution in [0.25, 0.3) is 0 Å². The smallest absolute Gasteiger partial charge is 0.345 e. The largest absolute Gasteiger partial charge is 1.00 e. The lowest BCUT2D eigenvalue weighted by Crippen LogP contribution is -3.00. The number of nitrogens with zero attached hydrogens (tertiary/aromatic N) is 2. The molecule has 2 aromatic rings. The van der Waals surface area contributed by atoms with Gasteiger partial charge in [-0.3, -0.25) is 0 Å². The molecule has 3 rings (SSSR count). The van der Waals surface area contributed by atoms with E-state index in [1.807, 2.05) is 0 Å². The third kappa shape index (κ3) is 2.98. The first-order chi connectivity index (χ1) is 10.5. The average molecular weight is 349 g/mol. The Kier molecular flexibility index (Phi) is 5.38. The molecule has 0 spiro atoms. The molecule has 0 saturated heterocycles. The van der Waals surface area contributed by atoms with Gasteiger partial charge in [-0.2, -0.15) is 0 Å². The van der Waals surface area contributed by atoms with Gasteiger partial charge in [0, 0.05) is 22.7 Å². The summed E-state index contributed by atoms with van der Waals surface area (Å²) >= 11 is 6.58. The van der Waals surface area contributed by atoms with E-state index in [1.165, 1.54) is 22.3 Å². The van der Waals surface area contributed by atoms with E-state index in [9.17, 15) is 0 Å². The average Bonchev–Trinajstić information content (AvgIpc) is 2.73. The fraction of sp³-hybridized carbons (Fsp3) is 0.316. The molecule has 0 aliphatic carbocycles. The summed E-state index contributed by atoms with van der Waals surface area (Å²) in [4.78, 5) is 2.18. The molecule has 1 aliphatic heterocycles. The molecule has 2 nitrogen and oxygen atoms in total. The summed E-state index contributed by atoms with van der Waals surface area (Å²) in [5.74, 6) is 0. The Bertz CT molecular complexity index is 740. The predicted octanol–water partition coefficient (Wildman–Crippen LogP) is 1.27. The number of benzene rings is 2. The highest BCUT2D eigenvalue weighted by molar-refractivity contribution is 6.63. The number of halogens is 2. The fourth-order valence-electron chi connectivity index (χ4n) is 3.50. The summed E-state index contributed by atoms with van der Waals surface area (Å²) in [7, 11) is 4.16. The van der Waals surface area contributed by atoms with Gasteiger partial charge in [0.25, 0.3) is 0 Å². The van der Waals surface area contributed by atoms with E-state index in [2.05, 4.69) is 85.9 Å². The second kappa shape index (κ2) is 6.94. The number of rotatable bonds is 2. The molecule has 1 heterocycles. The normalized spacial score (nSPS) is 20.7. The van der Waals surface area contributed by atoms with Crippen molar-refractivity contribution >= 4 is 16.9 Å². The van der Waals surface area contributed by atoms with Crippen molar-refractivity contribution in [1.82, 2.24) is 4.90 Å². The van der Waals surface area contributed by atoms with Crippen LogP contribution < -0.4 is 12.4 Å². The zero-order valence-electron chi connectivity index (χ0n) is 13.9. The Balaban J connectivity index is 0.00000192. The summed E-state index contributed by atoms with van der Waals surface area (Å²) < 4.78 is 2.18. The lowest BCUT2D eigenvalue weighted by atomic mass is 9.89. The SMILES string of the molecule is Cc1ccccc1[C@@H]1[C@@H](c2ccccc2C)[N+](C)=C(Cl)N1C.[Cl-]. The van der Waals surface area contributed by atoms with Crippen LogP contribution in [0.1, 0.15) is 34.3 Å². The minimum Gasteiger partial charge on any atom is -1.00 e. The highest BCUT2D eigenvalue weighted by atomic mass is 35.5. The van der Waals surface area contributed by atoms with Gasteiger partial charge in [0.1, 0.15) is 0 Å². The Morgan fingerprint density at radius 3 is 1.91 bits per heavy atom. The Morgan fingerprint density at radius 2 is 1.39 bits per heavy atom. The zero-order valence-corrected chi connectivity index (χ0v) is 15.4. The number of hydrogen-bond donors (Lipinski definition) is 0. The van der Waals surface area contributed by atoms with E-state index in [0.29, 0.717) is 0 Å². The molecule has 0 amide bonds. The van der Waals surface area contributed by atoms with Crippen molar-refractivity contribution in [3.05, 3.63) is 70.8 Å². The van der Waals surface area contributed by atoms with Gasteiger partial charge in [-0.25, -0.2) is 9.48 Å². The van der Waals surface area contributed by atoms with Crippen molar-refractivity contribution in [2.24, 2.45) is 0 Å². The van der Waals surface area contributed by atoms with Crippen LogP contribution in [0.5, 0.6) is 0 Å². The molecule has 0 bridgehead atoms. The maximum atomic E-state index is 6.58. The van der Waals surface area contributed by atoms with E-state index in [1.54, 1.807) is 0 Å². The van der Waals surface area contributed by atoms with Crippen molar-refractivity contribution in [3.8, 4) is 0 Å². The van der Waals surface area contributed by atoms with Crippen LogP contribution in [-0.2, 0) is 0 Å². The van der Waals surface area contributed by atoms with Crippen LogP contribution >= 0.6 is 11.6 Å². The number of likely N-dealkylation sites (N-methyl/N-ethyl adjacent to an activating group) is 2. The standard InChI is InChI=1S/C19H22ClN2.ClH/c1-13-9-5-7-11-15(13)17-18(22(4)19(20)21(17)3)16-12-8-6-10-14(16)2;/h5-12,17-18H,1-4H3;1H/q+1;/p-1/t17-,18-;/m1./s1. The molecule has 0 aromatic heterocycles. The first-order valence-corrected chi connectivity index (χ1v) is 7.99.